The number of carbonyl (C=O) groups is 1. The Morgan fingerprint density at radius 1 is 1.18 bits per heavy atom. The highest BCUT2D eigenvalue weighted by atomic mass is 16.5. The molecule has 0 aliphatic carbocycles. The quantitative estimate of drug-likeness (QED) is 0.617. The molecule has 0 aliphatic rings. The van der Waals surface area contributed by atoms with Crippen molar-refractivity contribution in [3.63, 3.8) is 0 Å². The minimum absolute atomic E-state index is 0.0598. The third kappa shape index (κ3) is 6.70. The van der Waals surface area contributed by atoms with Gasteiger partial charge in [-0.15, -0.1) is 0 Å². The van der Waals surface area contributed by atoms with Crippen LogP contribution in [0.5, 0.6) is 0 Å². The van der Waals surface area contributed by atoms with Crippen LogP contribution >= 0.6 is 0 Å². The highest BCUT2D eigenvalue weighted by Gasteiger charge is 2.31. The fraction of sp³-hybridized carbons (Fsp3) is 0.933. The van der Waals surface area contributed by atoms with Crippen molar-refractivity contribution in [2.45, 2.75) is 67.7 Å². The molecule has 0 bridgehead atoms. The van der Waals surface area contributed by atoms with Crippen molar-refractivity contribution >= 4 is 5.97 Å². The summed E-state index contributed by atoms with van der Waals surface area (Å²) < 4.78 is 5.49. The zero-order valence-electron chi connectivity index (χ0n) is 12.7. The average Bonchev–Trinajstić information content (AvgIpc) is 2.12. The Balaban J connectivity index is 4.26. The van der Waals surface area contributed by atoms with Gasteiger partial charge in [-0.25, -0.2) is 0 Å². The summed E-state index contributed by atoms with van der Waals surface area (Å²) in [6.45, 7) is 15.2. The van der Waals surface area contributed by atoms with E-state index in [4.69, 9.17) is 4.74 Å². The third-order valence-electron chi connectivity index (χ3n) is 2.99. The lowest BCUT2D eigenvalue weighted by atomic mass is 9.84. The van der Waals surface area contributed by atoms with E-state index in [0.717, 1.165) is 19.3 Å². The molecule has 2 nitrogen and oxygen atoms in total. The molecule has 0 saturated carbocycles. The molecule has 0 unspecified atom stereocenters. The van der Waals surface area contributed by atoms with E-state index >= 15 is 0 Å². The Bertz CT molecular complexity index is 239. The maximum Gasteiger partial charge on any atom is 0.311 e. The number of rotatable bonds is 7. The molecule has 0 aliphatic heterocycles. The Labute approximate surface area is 107 Å². The topological polar surface area (TPSA) is 26.3 Å². The van der Waals surface area contributed by atoms with E-state index in [9.17, 15) is 4.79 Å². The lowest BCUT2D eigenvalue weighted by molar-refractivity contribution is -0.158. The van der Waals surface area contributed by atoms with Crippen molar-refractivity contribution in [2.75, 3.05) is 6.61 Å². The molecular formula is C15H30O2. The van der Waals surface area contributed by atoms with Gasteiger partial charge in [0.2, 0.25) is 0 Å². The van der Waals surface area contributed by atoms with Gasteiger partial charge >= 0.3 is 5.97 Å². The second-order valence-corrected chi connectivity index (χ2v) is 6.97. The monoisotopic (exact) mass is 242 g/mol. The van der Waals surface area contributed by atoms with Gasteiger partial charge in [-0.3, -0.25) is 4.79 Å². The predicted octanol–water partition coefficient (Wildman–Crippen LogP) is 4.43. The van der Waals surface area contributed by atoms with E-state index in [2.05, 4.69) is 34.6 Å². The van der Waals surface area contributed by atoms with Gasteiger partial charge in [0.1, 0.15) is 0 Å². The second kappa shape index (κ2) is 6.42. The molecule has 0 aromatic carbocycles. The standard InChI is InChI=1S/C15H30O2/c1-8-9-14(4,5)11-17-13(16)15(6,7)10-12(2)3/h12H,8-11H2,1-7H3. The number of hydrogen-bond donors (Lipinski definition) is 0. The first-order valence-corrected chi connectivity index (χ1v) is 6.78. The van der Waals surface area contributed by atoms with Gasteiger partial charge in [0.15, 0.2) is 0 Å². The van der Waals surface area contributed by atoms with E-state index in [-0.39, 0.29) is 16.8 Å². The van der Waals surface area contributed by atoms with Gasteiger partial charge < -0.3 is 4.74 Å². The molecule has 0 rings (SSSR count). The Morgan fingerprint density at radius 2 is 1.71 bits per heavy atom. The third-order valence-corrected chi connectivity index (χ3v) is 2.99. The summed E-state index contributed by atoms with van der Waals surface area (Å²) in [7, 11) is 0. The maximum absolute atomic E-state index is 12.0. The number of esters is 1. The van der Waals surface area contributed by atoms with Gasteiger partial charge in [-0.2, -0.15) is 0 Å². The van der Waals surface area contributed by atoms with E-state index < -0.39 is 0 Å². The van der Waals surface area contributed by atoms with Gasteiger partial charge in [0.25, 0.3) is 0 Å². The highest BCUT2D eigenvalue weighted by molar-refractivity contribution is 5.75. The van der Waals surface area contributed by atoms with Crippen molar-refractivity contribution in [2.24, 2.45) is 16.7 Å². The zero-order valence-corrected chi connectivity index (χ0v) is 12.7. The molecular weight excluding hydrogens is 212 g/mol. The van der Waals surface area contributed by atoms with E-state index in [0.29, 0.717) is 12.5 Å². The van der Waals surface area contributed by atoms with Crippen molar-refractivity contribution < 1.29 is 9.53 Å². The fourth-order valence-electron chi connectivity index (χ4n) is 2.31. The lowest BCUT2D eigenvalue weighted by Gasteiger charge is -2.28. The van der Waals surface area contributed by atoms with Gasteiger partial charge in [-0.1, -0.05) is 41.0 Å². The molecule has 0 aromatic rings. The van der Waals surface area contributed by atoms with E-state index in [1.165, 1.54) is 0 Å². The minimum Gasteiger partial charge on any atom is -0.465 e. The summed E-state index contributed by atoms with van der Waals surface area (Å²) in [5, 5.41) is 0. The largest absolute Gasteiger partial charge is 0.465 e. The molecule has 0 N–H and O–H groups in total. The summed E-state index contributed by atoms with van der Waals surface area (Å²) in [6, 6.07) is 0. The van der Waals surface area contributed by atoms with Crippen LogP contribution in [0, 0.1) is 16.7 Å². The number of ether oxygens (including phenoxy) is 1. The highest BCUT2D eigenvalue weighted by Crippen LogP contribution is 2.29. The Morgan fingerprint density at radius 3 is 2.12 bits per heavy atom. The van der Waals surface area contributed by atoms with Crippen LogP contribution in [-0.2, 0) is 9.53 Å². The normalized spacial score (nSPS) is 12.9. The molecule has 0 radical (unpaired) electrons. The first kappa shape index (κ1) is 16.5. The summed E-state index contributed by atoms with van der Waals surface area (Å²) >= 11 is 0. The van der Waals surface area contributed by atoms with Gasteiger partial charge in [0.05, 0.1) is 12.0 Å². The molecule has 0 aromatic heterocycles. The van der Waals surface area contributed by atoms with Crippen LogP contribution in [0.25, 0.3) is 0 Å². The smallest absolute Gasteiger partial charge is 0.311 e. The summed E-state index contributed by atoms with van der Waals surface area (Å²) in [5.41, 5.74) is -0.269. The molecule has 0 amide bonds. The van der Waals surface area contributed by atoms with Crippen molar-refractivity contribution in [3.8, 4) is 0 Å². The van der Waals surface area contributed by atoms with E-state index in [1.807, 2.05) is 13.8 Å². The van der Waals surface area contributed by atoms with Crippen molar-refractivity contribution in [3.05, 3.63) is 0 Å². The first-order chi connectivity index (χ1) is 7.60. The Kier molecular flexibility index (Phi) is 6.22. The number of hydrogen-bond acceptors (Lipinski definition) is 2. The predicted molar refractivity (Wildman–Crippen MR) is 72.9 cm³/mol. The van der Waals surface area contributed by atoms with Crippen LogP contribution in [0.1, 0.15) is 67.7 Å². The molecule has 0 atom stereocenters. The first-order valence-electron chi connectivity index (χ1n) is 6.78. The second-order valence-electron chi connectivity index (χ2n) is 6.97. The van der Waals surface area contributed by atoms with Gasteiger partial charge in [0, 0.05) is 0 Å². The fourth-order valence-corrected chi connectivity index (χ4v) is 2.31. The summed E-state index contributed by atoms with van der Waals surface area (Å²) in [5.74, 6) is 0.455. The van der Waals surface area contributed by atoms with Crippen LogP contribution in [0.15, 0.2) is 0 Å². The summed E-state index contributed by atoms with van der Waals surface area (Å²) in [6.07, 6.45) is 3.09. The summed E-state index contributed by atoms with van der Waals surface area (Å²) in [4.78, 5) is 12.0. The number of carbonyl (C=O) groups excluding carboxylic acids is 1. The van der Waals surface area contributed by atoms with Crippen LogP contribution in [-0.4, -0.2) is 12.6 Å². The van der Waals surface area contributed by atoms with Gasteiger partial charge in [-0.05, 0) is 38.0 Å². The lowest BCUT2D eigenvalue weighted by Crippen LogP contribution is -2.31. The molecule has 0 heterocycles. The molecule has 102 valence electrons. The van der Waals surface area contributed by atoms with Crippen molar-refractivity contribution in [1.29, 1.82) is 0 Å². The van der Waals surface area contributed by atoms with E-state index in [1.54, 1.807) is 0 Å². The molecule has 17 heavy (non-hydrogen) atoms. The molecule has 0 fully saturated rings. The molecule has 0 saturated heterocycles. The molecule has 2 heteroatoms. The Hall–Kier alpha value is -0.530. The van der Waals surface area contributed by atoms with Crippen LogP contribution < -0.4 is 0 Å². The molecule has 0 spiro atoms. The average molecular weight is 242 g/mol. The van der Waals surface area contributed by atoms with Crippen LogP contribution in [0.3, 0.4) is 0 Å². The zero-order chi connectivity index (χ0) is 13.7. The van der Waals surface area contributed by atoms with Crippen LogP contribution in [0.2, 0.25) is 0 Å². The van der Waals surface area contributed by atoms with Crippen molar-refractivity contribution in [1.82, 2.24) is 0 Å². The SMILES string of the molecule is CCCC(C)(C)COC(=O)C(C)(C)CC(C)C. The minimum atomic E-state index is -0.365. The van der Waals surface area contributed by atoms with Crippen LogP contribution in [0.4, 0.5) is 0 Å². The maximum atomic E-state index is 12.0.